The Balaban J connectivity index is 1.36. The first-order valence-corrected chi connectivity index (χ1v) is 12.9. The average Bonchev–Trinajstić information content (AvgIpc) is 3.63. The lowest BCUT2D eigenvalue weighted by atomic mass is 9.49. The van der Waals surface area contributed by atoms with Crippen LogP contribution in [0.15, 0.2) is 48.5 Å². The molecule has 2 aromatic rings. The molecule has 3 fully saturated rings. The summed E-state index contributed by atoms with van der Waals surface area (Å²) >= 11 is 0. The van der Waals surface area contributed by atoms with Gasteiger partial charge in [0.2, 0.25) is 0 Å². The van der Waals surface area contributed by atoms with E-state index in [1.165, 1.54) is 24.0 Å². The standard InChI is InChI=1S/C29H35NO3/c31-24-13-14-29(33-17-5-8-21-6-2-1-3-7-21)26-18-23-9-4-10-25(32)27(23)28(29,19-24)15-16-30(26)20-22-11-12-22/h1-4,6-7,9-10,22,26,32H,5,8,11-20H2/t26?,28-,29+/m0/s1. The van der Waals surface area contributed by atoms with E-state index >= 15 is 0 Å². The molecule has 4 aliphatic rings. The third-order valence-corrected chi connectivity index (χ3v) is 8.91. The van der Waals surface area contributed by atoms with Crippen molar-refractivity contribution in [1.82, 2.24) is 4.90 Å². The molecule has 2 aromatic carbocycles. The molecule has 1 saturated heterocycles. The lowest BCUT2D eigenvalue weighted by Gasteiger charge is -2.65. The van der Waals surface area contributed by atoms with Gasteiger partial charge in [-0.05, 0) is 74.6 Å². The van der Waals surface area contributed by atoms with E-state index < -0.39 is 11.0 Å². The third-order valence-electron chi connectivity index (χ3n) is 8.91. The maximum atomic E-state index is 12.9. The van der Waals surface area contributed by atoms with Crippen LogP contribution in [0.2, 0.25) is 0 Å². The van der Waals surface area contributed by atoms with Crippen molar-refractivity contribution in [1.29, 1.82) is 0 Å². The van der Waals surface area contributed by atoms with Crippen LogP contribution in [0.25, 0.3) is 0 Å². The van der Waals surface area contributed by atoms with E-state index in [0.717, 1.165) is 56.7 Å². The zero-order valence-corrected chi connectivity index (χ0v) is 19.5. The van der Waals surface area contributed by atoms with Crippen molar-refractivity contribution in [3.63, 3.8) is 0 Å². The molecule has 4 heteroatoms. The second-order valence-electron chi connectivity index (χ2n) is 10.8. The van der Waals surface area contributed by atoms with E-state index in [-0.39, 0.29) is 6.04 Å². The Kier molecular flexibility index (Phi) is 5.34. The highest BCUT2D eigenvalue weighted by atomic mass is 16.5. The SMILES string of the molecule is O=C1CC[C@@]2(OCCCc3ccccc3)C3Cc4cccc(O)c4[C@]2(CCN3CC2CC2)C1. The van der Waals surface area contributed by atoms with Gasteiger partial charge in [0.05, 0.1) is 5.60 Å². The topological polar surface area (TPSA) is 49.8 Å². The average molecular weight is 446 g/mol. The molecule has 2 bridgehead atoms. The highest BCUT2D eigenvalue weighted by Crippen LogP contribution is 2.61. The Morgan fingerprint density at radius 3 is 2.73 bits per heavy atom. The van der Waals surface area contributed by atoms with Crippen LogP contribution < -0.4 is 0 Å². The number of nitrogens with zero attached hydrogens (tertiary/aromatic N) is 1. The number of fused-ring (bicyclic) bond motifs is 1. The molecule has 1 aliphatic heterocycles. The number of benzene rings is 2. The number of hydrogen-bond donors (Lipinski definition) is 1. The van der Waals surface area contributed by atoms with E-state index in [4.69, 9.17) is 4.74 Å². The predicted octanol–water partition coefficient (Wildman–Crippen LogP) is 4.81. The van der Waals surface area contributed by atoms with Crippen molar-refractivity contribution in [3.8, 4) is 5.75 Å². The molecule has 3 aliphatic carbocycles. The zero-order valence-electron chi connectivity index (χ0n) is 19.5. The van der Waals surface area contributed by atoms with E-state index in [2.05, 4.69) is 41.3 Å². The number of ketones is 1. The molecule has 174 valence electrons. The first-order valence-electron chi connectivity index (χ1n) is 12.9. The maximum Gasteiger partial charge on any atom is 0.134 e. The maximum absolute atomic E-state index is 12.9. The van der Waals surface area contributed by atoms with Crippen molar-refractivity contribution in [2.45, 2.75) is 74.8 Å². The number of likely N-dealkylation sites (tertiary alicyclic amines) is 1. The molecular weight excluding hydrogens is 410 g/mol. The molecule has 3 atom stereocenters. The lowest BCUT2D eigenvalue weighted by molar-refractivity contribution is -0.201. The van der Waals surface area contributed by atoms with Crippen LogP contribution in [0.4, 0.5) is 0 Å². The second-order valence-corrected chi connectivity index (χ2v) is 10.8. The summed E-state index contributed by atoms with van der Waals surface area (Å²) in [5.41, 5.74) is 2.78. The molecule has 2 saturated carbocycles. The summed E-state index contributed by atoms with van der Waals surface area (Å²) in [6.07, 6.45) is 8.33. The fourth-order valence-electron chi connectivity index (χ4n) is 7.28. The van der Waals surface area contributed by atoms with Gasteiger partial charge in [0, 0.05) is 43.0 Å². The smallest absolute Gasteiger partial charge is 0.134 e. The molecule has 33 heavy (non-hydrogen) atoms. The minimum Gasteiger partial charge on any atom is -0.508 e. The molecule has 1 heterocycles. The van der Waals surface area contributed by atoms with Gasteiger partial charge in [-0.2, -0.15) is 0 Å². The van der Waals surface area contributed by atoms with Crippen molar-refractivity contribution in [2.24, 2.45) is 5.92 Å². The minimum absolute atomic E-state index is 0.283. The normalized spacial score (nSPS) is 31.2. The van der Waals surface area contributed by atoms with Crippen LogP contribution in [0.1, 0.15) is 61.6 Å². The highest BCUT2D eigenvalue weighted by molar-refractivity contribution is 5.83. The lowest BCUT2D eigenvalue weighted by Crippen LogP contribution is -2.74. The van der Waals surface area contributed by atoms with Crippen molar-refractivity contribution in [2.75, 3.05) is 19.7 Å². The van der Waals surface area contributed by atoms with E-state index in [1.54, 1.807) is 0 Å². The summed E-state index contributed by atoms with van der Waals surface area (Å²) in [7, 11) is 0. The number of phenols is 1. The van der Waals surface area contributed by atoms with Gasteiger partial charge in [-0.25, -0.2) is 0 Å². The molecule has 0 amide bonds. The Morgan fingerprint density at radius 1 is 1.06 bits per heavy atom. The zero-order chi connectivity index (χ0) is 22.5. The number of carbonyl (C=O) groups excluding carboxylic acids is 1. The van der Waals surface area contributed by atoms with Crippen molar-refractivity contribution in [3.05, 3.63) is 65.2 Å². The number of phenolic OH excluding ortho intramolecular Hbond substituents is 1. The van der Waals surface area contributed by atoms with Gasteiger partial charge in [-0.1, -0.05) is 42.5 Å². The number of carbonyl (C=O) groups is 1. The minimum atomic E-state index is -0.404. The summed E-state index contributed by atoms with van der Waals surface area (Å²) in [5.74, 6) is 1.50. The molecule has 1 unspecified atom stereocenters. The van der Waals surface area contributed by atoms with E-state index in [9.17, 15) is 9.90 Å². The number of rotatable bonds is 7. The Morgan fingerprint density at radius 2 is 1.91 bits per heavy atom. The van der Waals surface area contributed by atoms with Crippen LogP contribution in [-0.4, -0.2) is 47.1 Å². The largest absolute Gasteiger partial charge is 0.508 e. The first-order chi connectivity index (χ1) is 16.1. The van der Waals surface area contributed by atoms with Crippen molar-refractivity contribution >= 4 is 5.78 Å². The summed E-state index contributed by atoms with van der Waals surface area (Å²) in [5, 5.41) is 11.1. The van der Waals surface area contributed by atoms with E-state index in [0.29, 0.717) is 31.0 Å². The van der Waals surface area contributed by atoms with Gasteiger partial charge < -0.3 is 9.84 Å². The first kappa shape index (κ1) is 21.4. The fraction of sp³-hybridized carbons (Fsp3) is 0.552. The molecular formula is C29H35NO3. The van der Waals surface area contributed by atoms with Crippen LogP contribution in [-0.2, 0) is 27.8 Å². The fourth-order valence-corrected chi connectivity index (χ4v) is 7.28. The number of hydrogen-bond acceptors (Lipinski definition) is 4. The molecule has 4 nitrogen and oxygen atoms in total. The Hall–Kier alpha value is -2.17. The van der Waals surface area contributed by atoms with Crippen LogP contribution >= 0.6 is 0 Å². The Labute approximate surface area is 196 Å². The summed E-state index contributed by atoms with van der Waals surface area (Å²) in [6, 6.07) is 16.8. The molecule has 0 radical (unpaired) electrons. The number of piperidine rings is 1. The second kappa shape index (κ2) is 8.25. The van der Waals surface area contributed by atoms with Crippen molar-refractivity contribution < 1.29 is 14.6 Å². The van der Waals surface area contributed by atoms with Gasteiger partial charge in [0.15, 0.2) is 0 Å². The van der Waals surface area contributed by atoms with Gasteiger partial charge >= 0.3 is 0 Å². The van der Waals surface area contributed by atoms with Gasteiger partial charge in [0.1, 0.15) is 11.5 Å². The molecule has 1 N–H and O–H groups in total. The molecule has 0 aromatic heterocycles. The van der Waals surface area contributed by atoms with Gasteiger partial charge in [-0.3, -0.25) is 9.69 Å². The summed E-state index contributed by atoms with van der Waals surface area (Å²) < 4.78 is 7.04. The number of aryl methyl sites for hydroxylation is 1. The van der Waals surface area contributed by atoms with Crippen LogP contribution in [0, 0.1) is 5.92 Å². The molecule has 0 spiro atoms. The highest BCUT2D eigenvalue weighted by Gasteiger charge is 2.67. The van der Waals surface area contributed by atoms with Gasteiger partial charge in [0.25, 0.3) is 0 Å². The Bertz CT molecular complexity index is 1030. The number of Topliss-reactive ketones (excluding diaryl/α,β-unsaturated/α-hetero) is 1. The number of ether oxygens (including phenoxy) is 1. The van der Waals surface area contributed by atoms with Gasteiger partial charge in [-0.15, -0.1) is 0 Å². The van der Waals surface area contributed by atoms with Crippen LogP contribution in [0.5, 0.6) is 5.75 Å². The predicted molar refractivity (Wildman–Crippen MR) is 128 cm³/mol. The molecule has 6 rings (SSSR count). The monoisotopic (exact) mass is 445 g/mol. The summed E-state index contributed by atoms with van der Waals surface area (Å²) in [6.45, 7) is 2.84. The quantitative estimate of drug-likeness (QED) is 0.622. The summed E-state index contributed by atoms with van der Waals surface area (Å²) in [4.78, 5) is 15.6. The number of aromatic hydroxyl groups is 1. The third kappa shape index (κ3) is 3.54. The van der Waals surface area contributed by atoms with E-state index in [1.807, 2.05) is 12.1 Å². The van der Waals surface area contributed by atoms with Crippen LogP contribution in [0.3, 0.4) is 0 Å².